The Hall–Kier alpha value is -4.05. The van der Waals surface area contributed by atoms with Crippen molar-refractivity contribution in [2.75, 3.05) is 11.4 Å². The van der Waals surface area contributed by atoms with Gasteiger partial charge in [-0.15, -0.1) is 0 Å². The van der Waals surface area contributed by atoms with Crippen LogP contribution in [0.5, 0.6) is 11.5 Å². The molecular weight excluding hydrogens is 551 g/mol. The lowest BCUT2D eigenvalue weighted by molar-refractivity contribution is -0.138. The van der Waals surface area contributed by atoms with Crippen LogP contribution in [0.4, 0.5) is 36.4 Å². The van der Waals surface area contributed by atoms with Crippen LogP contribution in [0.1, 0.15) is 40.8 Å². The number of aryl methyl sites for hydroxylation is 1. The molecule has 0 saturated carbocycles. The summed E-state index contributed by atoms with van der Waals surface area (Å²) in [4.78, 5) is 1.52. The monoisotopic (exact) mass is 577 g/mol. The molecule has 0 heterocycles. The molecule has 0 aliphatic heterocycles. The number of aliphatic hydroxyl groups is 1. The fourth-order valence-corrected chi connectivity index (χ4v) is 4.24. The minimum absolute atomic E-state index is 0.0698. The van der Waals surface area contributed by atoms with Crippen molar-refractivity contribution in [3.8, 4) is 11.5 Å². The molecular formula is C31H26F7NO2. The molecule has 0 amide bonds. The highest BCUT2D eigenvalue weighted by Gasteiger charge is 2.32. The zero-order valence-electron chi connectivity index (χ0n) is 21.8. The molecule has 0 aliphatic carbocycles. The van der Waals surface area contributed by atoms with Gasteiger partial charge in [0, 0.05) is 30.4 Å². The minimum Gasteiger partial charge on any atom is -0.457 e. The van der Waals surface area contributed by atoms with E-state index in [4.69, 9.17) is 4.74 Å². The van der Waals surface area contributed by atoms with Gasteiger partial charge in [0.15, 0.2) is 0 Å². The topological polar surface area (TPSA) is 32.7 Å². The molecule has 3 nitrogen and oxygen atoms in total. The standard InChI is InChI=1S/C31H26F7NO2/c1-2-20-5-3-7-26(15-20)41-27-8-4-6-25(17-27)39(18-22-11-14-24(16-28(22)32)31(36,37)38)19-29(40)21-9-12-23(13-10-21)30(33,34)35/h3-17,29,40H,2,18-19H2,1H3. The first kappa shape index (κ1) is 29.9. The second-order valence-corrected chi connectivity index (χ2v) is 9.42. The Labute approximate surface area is 232 Å². The van der Waals surface area contributed by atoms with Gasteiger partial charge in [0.25, 0.3) is 0 Å². The molecule has 41 heavy (non-hydrogen) atoms. The number of alkyl halides is 6. The highest BCUT2D eigenvalue weighted by atomic mass is 19.4. The third-order valence-electron chi connectivity index (χ3n) is 6.48. The molecule has 1 atom stereocenters. The average molecular weight is 578 g/mol. The Morgan fingerprint density at radius 3 is 1.98 bits per heavy atom. The summed E-state index contributed by atoms with van der Waals surface area (Å²) in [6.45, 7) is 1.55. The summed E-state index contributed by atoms with van der Waals surface area (Å²) in [5, 5.41) is 10.9. The number of anilines is 1. The Bertz CT molecular complexity index is 1470. The zero-order chi connectivity index (χ0) is 29.8. The normalized spacial score (nSPS) is 12.7. The van der Waals surface area contributed by atoms with E-state index in [2.05, 4.69) is 0 Å². The zero-order valence-corrected chi connectivity index (χ0v) is 21.8. The van der Waals surface area contributed by atoms with Gasteiger partial charge in [-0.1, -0.05) is 43.3 Å². The Kier molecular flexibility index (Phi) is 8.92. The lowest BCUT2D eigenvalue weighted by Gasteiger charge is -2.28. The summed E-state index contributed by atoms with van der Waals surface area (Å²) >= 11 is 0. The fourth-order valence-electron chi connectivity index (χ4n) is 4.24. The second kappa shape index (κ2) is 12.2. The number of ether oxygens (including phenoxy) is 1. The molecule has 0 bridgehead atoms. The molecule has 0 fully saturated rings. The fraction of sp³-hybridized carbons (Fsp3) is 0.226. The molecule has 0 spiro atoms. The van der Waals surface area contributed by atoms with Crippen LogP contribution in [0, 0.1) is 5.82 Å². The summed E-state index contributed by atoms with van der Waals surface area (Å²) in [5.74, 6) is -0.0954. The highest BCUT2D eigenvalue weighted by molar-refractivity contribution is 5.53. The predicted octanol–water partition coefficient (Wildman–Crippen LogP) is 8.96. The molecule has 4 aromatic rings. The van der Waals surface area contributed by atoms with Crippen LogP contribution in [-0.2, 0) is 25.3 Å². The van der Waals surface area contributed by atoms with Gasteiger partial charge in [-0.2, -0.15) is 26.3 Å². The number of hydrogen-bond acceptors (Lipinski definition) is 3. The van der Waals surface area contributed by atoms with E-state index in [1.165, 1.54) is 4.90 Å². The van der Waals surface area contributed by atoms with Gasteiger partial charge >= 0.3 is 12.4 Å². The first-order chi connectivity index (χ1) is 19.3. The SMILES string of the molecule is CCc1cccc(Oc2cccc(N(Cc3ccc(C(F)(F)F)cc3F)CC(O)c3ccc(C(F)(F)F)cc3)c2)c1. The van der Waals surface area contributed by atoms with Crippen LogP contribution >= 0.6 is 0 Å². The third kappa shape index (κ3) is 7.79. The van der Waals surface area contributed by atoms with Crippen LogP contribution in [0.2, 0.25) is 0 Å². The number of aliphatic hydroxyl groups excluding tert-OH is 1. The summed E-state index contributed by atoms with van der Waals surface area (Å²) in [6.07, 6.45) is -9.78. The third-order valence-corrected chi connectivity index (χ3v) is 6.48. The number of benzene rings is 4. The molecule has 0 aromatic heterocycles. The largest absolute Gasteiger partial charge is 0.457 e. The molecule has 216 valence electrons. The average Bonchev–Trinajstić information content (AvgIpc) is 2.93. The first-order valence-corrected chi connectivity index (χ1v) is 12.7. The van der Waals surface area contributed by atoms with Crippen LogP contribution < -0.4 is 9.64 Å². The van der Waals surface area contributed by atoms with E-state index in [1.807, 2.05) is 25.1 Å². The van der Waals surface area contributed by atoms with Gasteiger partial charge in [0.05, 0.1) is 17.2 Å². The maximum absolute atomic E-state index is 14.8. The maximum atomic E-state index is 14.8. The van der Waals surface area contributed by atoms with Crippen LogP contribution in [0.15, 0.2) is 91.0 Å². The molecule has 4 aromatic carbocycles. The van der Waals surface area contributed by atoms with E-state index in [9.17, 15) is 35.8 Å². The quantitative estimate of drug-likeness (QED) is 0.202. The summed E-state index contributed by atoms with van der Waals surface area (Å²) in [6, 6.07) is 20.2. The summed E-state index contributed by atoms with van der Waals surface area (Å²) in [5.41, 5.74) is -0.412. The van der Waals surface area contributed by atoms with Crippen LogP contribution in [0.25, 0.3) is 0 Å². The van der Waals surface area contributed by atoms with Gasteiger partial charge in [-0.05, 0) is 66.1 Å². The number of nitrogens with zero attached hydrogens (tertiary/aromatic N) is 1. The van der Waals surface area contributed by atoms with Crippen molar-refractivity contribution in [1.29, 1.82) is 0 Å². The van der Waals surface area contributed by atoms with Gasteiger partial charge in [-0.3, -0.25) is 0 Å². The van der Waals surface area contributed by atoms with Gasteiger partial charge < -0.3 is 14.7 Å². The molecule has 10 heteroatoms. The molecule has 1 unspecified atom stereocenters. The smallest absolute Gasteiger partial charge is 0.416 e. The number of hydrogen-bond donors (Lipinski definition) is 1. The van der Waals surface area contributed by atoms with Crippen molar-refractivity contribution in [3.05, 3.63) is 125 Å². The van der Waals surface area contributed by atoms with Crippen molar-refractivity contribution in [2.45, 2.75) is 38.3 Å². The minimum atomic E-state index is -4.72. The second-order valence-electron chi connectivity index (χ2n) is 9.42. The molecule has 1 N–H and O–H groups in total. The van der Waals surface area contributed by atoms with Crippen molar-refractivity contribution in [1.82, 2.24) is 0 Å². The van der Waals surface area contributed by atoms with E-state index in [1.54, 1.807) is 30.3 Å². The van der Waals surface area contributed by atoms with Crippen molar-refractivity contribution < 1.29 is 40.6 Å². The molecule has 0 radical (unpaired) electrons. The maximum Gasteiger partial charge on any atom is 0.416 e. The van der Waals surface area contributed by atoms with E-state index in [-0.39, 0.29) is 24.2 Å². The number of rotatable bonds is 9. The van der Waals surface area contributed by atoms with Crippen LogP contribution in [0.3, 0.4) is 0 Å². The lowest BCUT2D eigenvalue weighted by atomic mass is 10.0. The van der Waals surface area contributed by atoms with Gasteiger partial charge in [0.1, 0.15) is 17.3 Å². The first-order valence-electron chi connectivity index (χ1n) is 12.7. The number of halogens is 7. The van der Waals surface area contributed by atoms with Crippen molar-refractivity contribution >= 4 is 5.69 Å². The van der Waals surface area contributed by atoms with Gasteiger partial charge in [-0.25, -0.2) is 4.39 Å². The lowest BCUT2D eigenvalue weighted by Crippen LogP contribution is -2.28. The summed E-state index contributed by atoms with van der Waals surface area (Å²) < 4.78 is 98.9. The van der Waals surface area contributed by atoms with E-state index in [0.717, 1.165) is 48.4 Å². The van der Waals surface area contributed by atoms with E-state index < -0.39 is 35.4 Å². The van der Waals surface area contributed by atoms with Crippen molar-refractivity contribution in [2.24, 2.45) is 0 Å². The Morgan fingerprint density at radius 1 is 0.756 bits per heavy atom. The van der Waals surface area contributed by atoms with Gasteiger partial charge in [0.2, 0.25) is 0 Å². The van der Waals surface area contributed by atoms with E-state index in [0.29, 0.717) is 23.3 Å². The molecule has 4 rings (SSSR count). The Morgan fingerprint density at radius 2 is 1.37 bits per heavy atom. The summed E-state index contributed by atoms with van der Waals surface area (Å²) in [7, 11) is 0. The van der Waals surface area contributed by atoms with Crippen molar-refractivity contribution in [3.63, 3.8) is 0 Å². The molecule has 0 aliphatic rings. The predicted molar refractivity (Wildman–Crippen MR) is 141 cm³/mol. The Balaban J connectivity index is 1.64. The van der Waals surface area contributed by atoms with E-state index >= 15 is 0 Å². The van der Waals surface area contributed by atoms with Crippen LogP contribution in [-0.4, -0.2) is 11.7 Å². The molecule has 0 saturated heterocycles. The highest BCUT2D eigenvalue weighted by Crippen LogP contribution is 2.33.